The third kappa shape index (κ3) is 2.95. The molecule has 1 atom stereocenters. The van der Waals surface area contributed by atoms with Crippen LogP contribution in [0.5, 0.6) is 0 Å². The van der Waals surface area contributed by atoms with Crippen molar-refractivity contribution >= 4 is 17.0 Å². The van der Waals surface area contributed by atoms with Gasteiger partial charge in [-0.05, 0) is 42.3 Å². The highest BCUT2D eigenvalue weighted by Gasteiger charge is 2.34. The summed E-state index contributed by atoms with van der Waals surface area (Å²) in [4.78, 5) is 4.70. The van der Waals surface area contributed by atoms with Crippen molar-refractivity contribution in [2.45, 2.75) is 25.1 Å². The van der Waals surface area contributed by atoms with E-state index < -0.39 is 11.9 Å². The molecular formula is C14H13F3N2S. The van der Waals surface area contributed by atoms with E-state index in [1.165, 1.54) is 17.1 Å². The van der Waals surface area contributed by atoms with Crippen molar-refractivity contribution in [3.63, 3.8) is 0 Å². The molecule has 0 spiro atoms. The fraction of sp³-hybridized carbons (Fsp3) is 0.357. The van der Waals surface area contributed by atoms with E-state index in [-0.39, 0.29) is 6.04 Å². The quantitative estimate of drug-likeness (QED) is 0.883. The van der Waals surface area contributed by atoms with Crippen molar-refractivity contribution in [3.05, 3.63) is 46.4 Å². The molecule has 1 N–H and O–H groups in total. The Hall–Kier alpha value is -1.56. The van der Waals surface area contributed by atoms with Crippen LogP contribution >= 0.6 is 11.3 Å². The highest BCUT2D eigenvalue weighted by atomic mass is 32.1. The summed E-state index contributed by atoms with van der Waals surface area (Å²) in [5.41, 5.74) is -0.231. The van der Waals surface area contributed by atoms with Crippen molar-refractivity contribution in [1.82, 2.24) is 4.98 Å². The van der Waals surface area contributed by atoms with E-state index in [0.29, 0.717) is 11.6 Å². The first-order valence-corrected chi connectivity index (χ1v) is 7.25. The molecule has 0 saturated heterocycles. The molecule has 20 heavy (non-hydrogen) atoms. The second-order valence-electron chi connectivity index (χ2n) is 4.90. The van der Waals surface area contributed by atoms with Crippen LogP contribution in [0, 0.1) is 5.92 Å². The molecule has 1 saturated carbocycles. The standard InChI is InChI=1S/C14H13F3N2S/c15-14(16,17)12-6-5-10(8-18-12)19-13(9-3-4-9)11-2-1-7-20-11/h1-2,5-9,13,19H,3-4H2. The van der Waals surface area contributed by atoms with E-state index in [1.807, 2.05) is 11.4 Å². The maximum Gasteiger partial charge on any atom is 0.433 e. The molecule has 0 amide bonds. The zero-order chi connectivity index (χ0) is 14.2. The largest absolute Gasteiger partial charge is 0.433 e. The summed E-state index contributed by atoms with van der Waals surface area (Å²) in [5.74, 6) is 0.566. The molecular weight excluding hydrogens is 285 g/mol. The Morgan fingerprint density at radius 3 is 2.55 bits per heavy atom. The summed E-state index contributed by atoms with van der Waals surface area (Å²) in [5, 5.41) is 5.31. The van der Waals surface area contributed by atoms with Gasteiger partial charge in [-0.3, -0.25) is 0 Å². The van der Waals surface area contributed by atoms with Crippen LogP contribution in [-0.2, 0) is 6.18 Å². The number of anilines is 1. The summed E-state index contributed by atoms with van der Waals surface area (Å²) in [7, 11) is 0. The number of alkyl halides is 3. The molecule has 106 valence electrons. The summed E-state index contributed by atoms with van der Waals surface area (Å²) in [6.07, 6.45) is -0.818. The van der Waals surface area contributed by atoms with Crippen LogP contribution in [0.2, 0.25) is 0 Å². The second kappa shape index (κ2) is 5.09. The minimum absolute atomic E-state index is 0.175. The van der Waals surface area contributed by atoms with E-state index >= 15 is 0 Å². The van der Waals surface area contributed by atoms with Crippen LogP contribution in [-0.4, -0.2) is 4.98 Å². The van der Waals surface area contributed by atoms with Crippen LogP contribution in [0.15, 0.2) is 35.8 Å². The van der Waals surface area contributed by atoms with E-state index in [9.17, 15) is 13.2 Å². The molecule has 2 heterocycles. The third-order valence-corrected chi connectivity index (χ3v) is 4.27. The van der Waals surface area contributed by atoms with Gasteiger partial charge in [0, 0.05) is 4.88 Å². The Kier molecular flexibility index (Phi) is 3.41. The predicted octanol–water partition coefficient (Wildman–Crippen LogP) is 4.73. The molecule has 2 aromatic heterocycles. The molecule has 3 rings (SSSR count). The van der Waals surface area contributed by atoms with Crippen molar-refractivity contribution in [3.8, 4) is 0 Å². The highest BCUT2D eigenvalue weighted by Crippen LogP contribution is 2.44. The Morgan fingerprint density at radius 1 is 1.25 bits per heavy atom. The smallest absolute Gasteiger partial charge is 0.376 e. The average Bonchev–Trinajstić information content (AvgIpc) is 3.10. The van der Waals surface area contributed by atoms with Crippen LogP contribution in [0.1, 0.15) is 29.5 Å². The number of hydrogen-bond donors (Lipinski definition) is 1. The zero-order valence-electron chi connectivity index (χ0n) is 10.5. The van der Waals surface area contributed by atoms with Crippen LogP contribution in [0.4, 0.5) is 18.9 Å². The zero-order valence-corrected chi connectivity index (χ0v) is 11.3. The van der Waals surface area contributed by atoms with E-state index in [0.717, 1.165) is 18.9 Å². The molecule has 0 aliphatic heterocycles. The molecule has 1 unspecified atom stereocenters. The lowest BCUT2D eigenvalue weighted by Crippen LogP contribution is -2.13. The molecule has 6 heteroatoms. The normalized spacial score (nSPS) is 16.9. The number of aromatic nitrogens is 1. The van der Waals surface area contributed by atoms with E-state index in [1.54, 1.807) is 11.3 Å². The minimum atomic E-state index is -4.39. The van der Waals surface area contributed by atoms with Gasteiger partial charge >= 0.3 is 6.18 Å². The van der Waals surface area contributed by atoms with Gasteiger partial charge in [-0.15, -0.1) is 11.3 Å². The fourth-order valence-corrected chi connectivity index (χ4v) is 3.01. The predicted molar refractivity (Wildman–Crippen MR) is 72.6 cm³/mol. The minimum Gasteiger partial charge on any atom is -0.376 e. The topological polar surface area (TPSA) is 24.9 Å². The Bertz CT molecular complexity index is 559. The molecule has 0 radical (unpaired) electrons. The first-order chi connectivity index (χ1) is 9.54. The van der Waals surface area contributed by atoms with Crippen LogP contribution in [0.3, 0.4) is 0 Å². The molecule has 0 aromatic carbocycles. The number of rotatable bonds is 4. The number of nitrogens with zero attached hydrogens (tertiary/aromatic N) is 1. The van der Waals surface area contributed by atoms with Gasteiger partial charge in [0.05, 0.1) is 17.9 Å². The van der Waals surface area contributed by atoms with Gasteiger partial charge in [0.2, 0.25) is 0 Å². The average molecular weight is 298 g/mol. The highest BCUT2D eigenvalue weighted by molar-refractivity contribution is 7.10. The van der Waals surface area contributed by atoms with Crippen molar-refractivity contribution in [2.24, 2.45) is 5.92 Å². The SMILES string of the molecule is FC(F)(F)c1ccc(NC(c2cccs2)C2CC2)cn1. The lowest BCUT2D eigenvalue weighted by atomic mass is 10.1. The summed E-state index contributed by atoms with van der Waals surface area (Å²) in [6, 6.07) is 6.67. The van der Waals surface area contributed by atoms with Gasteiger partial charge < -0.3 is 5.32 Å². The van der Waals surface area contributed by atoms with Gasteiger partial charge in [-0.1, -0.05) is 6.07 Å². The maximum atomic E-state index is 12.5. The van der Waals surface area contributed by atoms with Gasteiger partial charge in [0.15, 0.2) is 0 Å². The number of thiophene rings is 1. The lowest BCUT2D eigenvalue weighted by Gasteiger charge is -2.18. The van der Waals surface area contributed by atoms with Crippen LogP contribution < -0.4 is 5.32 Å². The molecule has 2 aromatic rings. The van der Waals surface area contributed by atoms with E-state index in [4.69, 9.17) is 0 Å². The summed E-state index contributed by atoms with van der Waals surface area (Å²) < 4.78 is 37.4. The molecule has 1 fully saturated rings. The number of halogens is 3. The van der Waals surface area contributed by atoms with Gasteiger partial charge in [-0.25, -0.2) is 4.98 Å². The summed E-state index contributed by atoms with van der Waals surface area (Å²) in [6.45, 7) is 0. The number of nitrogens with one attached hydrogen (secondary N) is 1. The van der Waals surface area contributed by atoms with Gasteiger partial charge in [-0.2, -0.15) is 13.2 Å². The van der Waals surface area contributed by atoms with Gasteiger partial charge in [0.25, 0.3) is 0 Å². The van der Waals surface area contributed by atoms with Crippen LogP contribution in [0.25, 0.3) is 0 Å². The number of hydrogen-bond acceptors (Lipinski definition) is 3. The molecule has 2 nitrogen and oxygen atoms in total. The maximum absolute atomic E-state index is 12.5. The lowest BCUT2D eigenvalue weighted by molar-refractivity contribution is -0.141. The summed E-state index contributed by atoms with van der Waals surface area (Å²) >= 11 is 1.66. The first-order valence-electron chi connectivity index (χ1n) is 6.37. The second-order valence-corrected chi connectivity index (χ2v) is 5.88. The monoisotopic (exact) mass is 298 g/mol. The fourth-order valence-electron chi connectivity index (χ4n) is 2.15. The molecule has 1 aliphatic rings. The van der Waals surface area contributed by atoms with Gasteiger partial charge in [0.1, 0.15) is 5.69 Å². The Morgan fingerprint density at radius 2 is 2.05 bits per heavy atom. The Balaban J connectivity index is 1.76. The number of pyridine rings is 1. The first kappa shape index (κ1) is 13.4. The van der Waals surface area contributed by atoms with Crippen molar-refractivity contribution in [1.29, 1.82) is 0 Å². The van der Waals surface area contributed by atoms with E-state index in [2.05, 4.69) is 16.4 Å². The Labute approximate surface area is 118 Å². The molecule has 0 bridgehead atoms. The van der Waals surface area contributed by atoms with Crippen molar-refractivity contribution in [2.75, 3.05) is 5.32 Å². The third-order valence-electron chi connectivity index (χ3n) is 3.32. The molecule has 1 aliphatic carbocycles. The van der Waals surface area contributed by atoms with Crippen molar-refractivity contribution < 1.29 is 13.2 Å².